The first-order valence-electron chi connectivity index (χ1n) is 8.35. The summed E-state index contributed by atoms with van der Waals surface area (Å²) in [5, 5.41) is 7.52. The van der Waals surface area contributed by atoms with Crippen molar-refractivity contribution in [2.24, 2.45) is 5.92 Å². The SMILES string of the molecule is CCCC[C@@H]1CN(C(=O)CCn2cnnc2)C[C@H](C(C)C)O1. The Morgan fingerprint density at radius 3 is 2.68 bits per heavy atom. The van der Waals surface area contributed by atoms with Gasteiger partial charge in [0.25, 0.3) is 0 Å². The molecule has 1 fully saturated rings. The van der Waals surface area contributed by atoms with Crippen molar-refractivity contribution in [3.8, 4) is 0 Å². The van der Waals surface area contributed by atoms with E-state index in [1.807, 2.05) is 9.47 Å². The Morgan fingerprint density at radius 1 is 1.32 bits per heavy atom. The van der Waals surface area contributed by atoms with Crippen molar-refractivity contribution in [1.82, 2.24) is 19.7 Å². The molecule has 6 nitrogen and oxygen atoms in total. The van der Waals surface area contributed by atoms with Gasteiger partial charge in [-0.15, -0.1) is 10.2 Å². The Hall–Kier alpha value is -1.43. The number of aryl methyl sites for hydroxylation is 1. The highest BCUT2D eigenvalue weighted by Gasteiger charge is 2.31. The van der Waals surface area contributed by atoms with E-state index in [9.17, 15) is 4.79 Å². The highest BCUT2D eigenvalue weighted by Crippen LogP contribution is 2.21. The van der Waals surface area contributed by atoms with Crippen LogP contribution in [0.5, 0.6) is 0 Å². The zero-order valence-electron chi connectivity index (χ0n) is 13.9. The second kappa shape index (κ2) is 8.27. The van der Waals surface area contributed by atoms with Crippen LogP contribution in [-0.4, -0.2) is 50.9 Å². The van der Waals surface area contributed by atoms with Crippen LogP contribution < -0.4 is 0 Å². The molecule has 6 heteroatoms. The molecule has 22 heavy (non-hydrogen) atoms. The van der Waals surface area contributed by atoms with Crippen molar-refractivity contribution in [1.29, 1.82) is 0 Å². The summed E-state index contributed by atoms with van der Waals surface area (Å²) in [6.45, 7) is 8.57. The molecule has 1 aliphatic heterocycles. The van der Waals surface area contributed by atoms with E-state index in [2.05, 4.69) is 31.0 Å². The maximum Gasteiger partial charge on any atom is 0.224 e. The van der Waals surface area contributed by atoms with Crippen LogP contribution in [0.15, 0.2) is 12.7 Å². The molecule has 1 aromatic heterocycles. The van der Waals surface area contributed by atoms with E-state index in [0.29, 0.717) is 25.4 Å². The van der Waals surface area contributed by atoms with Gasteiger partial charge in [-0.25, -0.2) is 0 Å². The lowest BCUT2D eigenvalue weighted by molar-refractivity contribution is -0.150. The summed E-state index contributed by atoms with van der Waals surface area (Å²) in [4.78, 5) is 14.5. The summed E-state index contributed by atoms with van der Waals surface area (Å²) in [6.07, 6.45) is 7.46. The fraction of sp³-hybridized carbons (Fsp3) is 0.812. The topological polar surface area (TPSA) is 60.2 Å². The van der Waals surface area contributed by atoms with Crippen LogP contribution in [0.2, 0.25) is 0 Å². The fourth-order valence-electron chi connectivity index (χ4n) is 2.75. The zero-order valence-corrected chi connectivity index (χ0v) is 13.9. The Bertz CT molecular complexity index is 447. The summed E-state index contributed by atoms with van der Waals surface area (Å²) in [5.74, 6) is 0.627. The first kappa shape index (κ1) is 16.9. The van der Waals surface area contributed by atoms with Gasteiger partial charge in [-0.05, 0) is 12.3 Å². The van der Waals surface area contributed by atoms with Crippen LogP contribution in [0.4, 0.5) is 0 Å². The van der Waals surface area contributed by atoms with Gasteiger partial charge in [-0.3, -0.25) is 4.79 Å². The first-order chi connectivity index (χ1) is 10.6. The largest absolute Gasteiger partial charge is 0.371 e. The van der Waals surface area contributed by atoms with Crippen LogP contribution in [0, 0.1) is 5.92 Å². The van der Waals surface area contributed by atoms with Gasteiger partial charge in [0.15, 0.2) is 0 Å². The molecule has 1 aliphatic rings. The van der Waals surface area contributed by atoms with Gasteiger partial charge in [0.1, 0.15) is 12.7 Å². The third kappa shape index (κ3) is 4.80. The minimum absolute atomic E-state index is 0.148. The van der Waals surface area contributed by atoms with Crippen molar-refractivity contribution >= 4 is 5.91 Å². The smallest absolute Gasteiger partial charge is 0.224 e. The van der Waals surface area contributed by atoms with Crippen LogP contribution >= 0.6 is 0 Å². The number of hydrogen-bond donors (Lipinski definition) is 0. The van der Waals surface area contributed by atoms with Crippen LogP contribution in [0.25, 0.3) is 0 Å². The number of aromatic nitrogens is 3. The number of rotatable bonds is 7. The molecule has 1 amide bonds. The number of ether oxygens (including phenoxy) is 1. The standard InChI is InChI=1S/C16H28N4O2/c1-4-5-6-14-9-20(10-15(22-14)13(2)3)16(21)7-8-19-11-17-18-12-19/h11-15H,4-10H2,1-3H3/t14-,15-/m1/s1. The fourth-order valence-corrected chi connectivity index (χ4v) is 2.75. The predicted molar refractivity (Wildman–Crippen MR) is 84.2 cm³/mol. The molecule has 0 saturated carbocycles. The first-order valence-corrected chi connectivity index (χ1v) is 8.35. The summed E-state index contributed by atoms with van der Waals surface area (Å²) >= 11 is 0. The summed E-state index contributed by atoms with van der Waals surface area (Å²) < 4.78 is 8.00. The van der Waals surface area contributed by atoms with E-state index >= 15 is 0 Å². The quantitative estimate of drug-likeness (QED) is 0.774. The Labute approximate surface area is 132 Å². The molecule has 1 saturated heterocycles. The molecule has 0 aromatic carbocycles. The molecule has 0 spiro atoms. The van der Waals surface area contributed by atoms with E-state index in [4.69, 9.17) is 4.74 Å². The third-order valence-electron chi connectivity index (χ3n) is 4.22. The van der Waals surface area contributed by atoms with Crippen molar-refractivity contribution in [2.45, 2.75) is 65.2 Å². The molecule has 2 rings (SSSR count). The molecule has 2 atom stereocenters. The Kier molecular flexibility index (Phi) is 6.36. The molecule has 0 radical (unpaired) electrons. The maximum atomic E-state index is 12.5. The second-order valence-electron chi connectivity index (χ2n) is 6.43. The molecule has 0 aliphatic carbocycles. The highest BCUT2D eigenvalue weighted by molar-refractivity contribution is 5.76. The van der Waals surface area contributed by atoms with E-state index in [0.717, 1.165) is 25.8 Å². The number of morpholine rings is 1. The van der Waals surface area contributed by atoms with Gasteiger partial charge in [0.05, 0.1) is 12.2 Å². The number of nitrogens with zero attached hydrogens (tertiary/aromatic N) is 4. The minimum Gasteiger partial charge on any atom is -0.371 e. The lowest BCUT2D eigenvalue weighted by atomic mass is 10.0. The maximum absolute atomic E-state index is 12.5. The molecule has 0 bridgehead atoms. The third-order valence-corrected chi connectivity index (χ3v) is 4.22. The number of hydrogen-bond acceptors (Lipinski definition) is 4. The van der Waals surface area contributed by atoms with Gasteiger partial charge in [0, 0.05) is 26.1 Å². The van der Waals surface area contributed by atoms with Crippen molar-refractivity contribution < 1.29 is 9.53 Å². The second-order valence-corrected chi connectivity index (χ2v) is 6.43. The Balaban J connectivity index is 1.90. The van der Waals surface area contributed by atoms with Gasteiger partial charge >= 0.3 is 0 Å². The summed E-state index contributed by atoms with van der Waals surface area (Å²) in [7, 11) is 0. The molecular formula is C16H28N4O2. The average molecular weight is 308 g/mol. The Morgan fingerprint density at radius 2 is 2.05 bits per heavy atom. The van der Waals surface area contributed by atoms with Crippen LogP contribution in [-0.2, 0) is 16.1 Å². The van der Waals surface area contributed by atoms with E-state index in [1.165, 1.54) is 0 Å². The summed E-state index contributed by atoms with van der Waals surface area (Å²) in [5.41, 5.74) is 0. The van der Waals surface area contributed by atoms with Gasteiger partial charge in [-0.2, -0.15) is 0 Å². The van der Waals surface area contributed by atoms with Gasteiger partial charge < -0.3 is 14.2 Å². The number of unbranched alkanes of at least 4 members (excludes halogenated alkanes) is 1. The normalized spacial score (nSPS) is 22.3. The molecule has 0 N–H and O–H groups in total. The molecular weight excluding hydrogens is 280 g/mol. The van der Waals surface area contributed by atoms with Crippen molar-refractivity contribution in [3.63, 3.8) is 0 Å². The number of amides is 1. The van der Waals surface area contributed by atoms with Crippen LogP contribution in [0.3, 0.4) is 0 Å². The molecule has 1 aromatic rings. The number of carbonyl (C=O) groups is 1. The molecule has 2 heterocycles. The van der Waals surface area contributed by atoms with E-state index in [-0.39, 0.29) is 18.1 Å². The predicted octanol–water partition coefficient (Wildman–Crippen LogP) is 2.11. The molecule has 124 valence electrons. The zero-order chi connectivity index (χ0) is 15.9. The van der Waals surface area contributed by atoms with Crippen LogP contribution in [0.1, 0.15) is 46.5 Å². The highest BCUT2D eigenvalue weighted by atomic mass is 16.5. The van der Waals surface area contributed by atoms with E-state index in [1.54, 1.807) is 12.7 Å². The van der Waals surface area contributed by atoms with Gasteiger partial charge in [0.2, 0.25) is 5.91 Å². The van der Waals surface area contributed by atoms with E-state index < -0.39 is 0 Å². The molecule has 0 unspecified atom stereocenters. The lowest BCUT2D eigenvalue weighted by Crippen LogP contribution is -2.51. The average Bonchev–Trinajstić information content (AvgIpc) is 3.03. The summed E-state index contributed by atoms with van der Waals surface area (Å²) in [6, 6.07) is 0. The minimum atomic E-state index is 0.148. The van der Waals surface area contributed by atoms with Crippen molar-refractivity contribution in [3.05, 3.63) is 12.7 Å². The monoisotopic (exact) mass is 308 g/mol. The number of carbonyl (C=O) groups excluding carboxylic acids is 1. The van der Waals surface area contributed by atoms with Gasteiger partial charge in [-0.1, -0.05) is 33.6 Å². The lowest BCUT2D eigenvalue weighted by Gasteiger charge is -2.40. The van der Waals surface area contributed by atoms with Crippen molar-refractivity contribution in [2.75, 3.05) is 13.1 Å².